The first kappa shape index (κ1) is 20.9. The molecule has 0 aliphatic carbocycles. The van der Waals surface area contributed by atoms with Crippen LogP contribution in [0.2, 0.25) is 0 Å². The summed E-state index contributed by atoms with van der Waals surface area (Å²) in [7, 11) is 0. The lowest BCUT2D eigenvalue weighted by Gasteiger charge is -2.11. The number of benzene rings is 2. The molecule has 1 amide bonds. The van der Waals surface area contributed by atoms with Gasteiger partial charge in [0.05, 0.1) is 5.52 Å². The normalized spacial score (nSPS) is 10.5. The van der Waals surface area contributed by atoms with Crippen molar-refractivity contribution in [1.29, 1.82) is 0 Å². The zero-order valence-electron chi connectivity index (χ0n) is 17.6. The molecule has 3 heterocycles. The van der Waals surface area contributed by atoms with Crippen molar-refractivity contribution in [3.63, 3.8) is 0 Å². The van der Waals surface area contributed by atoms with Crippen LogP contribution in [0, 0.1) is 11.8 Å². The van der Waals surface area contributed by atoms with E-state index in [1.54, 1.807) is 35.0 Å². The number of aromatic nitrogens is 5. The molecule has 0 spiro atoms. The number of hydrogen-bond acceptors (Lipinski definition) is 8. The maximum atomic E-state index is 11.8. The molecule has 34 heavy (non-hydrogen) atoms. The van der Waals surface area contributed by atoms with E-state index in [-0.39, 0.29) is 6.61 Å². The van der Waals surface area contributed by atoms with Crippen LogP contribution in [-0.4, -0.2) is 42.2 Å². The van der Waals surface area contributed by atoms with Crippen molar-refractivity contribution in [2.75, 3.05) is 17.2 Å². The van der Waals surface area contributed by atoms with Gasteiger partial charge in [-0.1, -0.05) is 5.92 Å². The second kappa shape index (κ2) is 9.23. The average molecular weight is 451 g/mol. The summed E-state index contributed by atoms with van der Waals surface area (Å²) in [5.74, 6) is 5.99. The maximum Gasteiger partial charge on any atom is 0.300 e. The highest BCUT2D eigenvalue weighted by Gasteiger charge is 2.08. The molecule has 10 nitrogen and oxygen atoms in total. The minimum absolute atomic E-state index is 0.381. The van der Waals surface area contributed by atoms with E-state index in [1.807, 2.05) is 30.3 Å². The highest BCUT2D eigenvalue weighted by molar-refractivity contribution is 6.05. The molecule has 166 valence electrons. The van der Waals surface area contributed by atoms with E-state index in [1.165, 1.54) is 12.7 Å². The Morgan fingerprint density at radius 2 is 1.82 bits per heavy atom. The molecule has 2 aromatic carbocycles. The number of nitrogens with one attached hydrogen (secondary N) is 2. The summed E-state index contributed by atoms with van der Waals surface area (Å²) in [6, 6.07) is 16.3. The van der Waals surface area contributed by atoms with Crippen LogP contribution in [-0.2, 0) is 4.79 Å². The van der Waals surface area contributed by atoms with Gasteiger partial charge >= 0.3 is 0 Å². The lowest BCUT2D eigenvalue weighted by atomic mass is 10.2. The Hall–Kier alpha value is -5.01. The third-order valence-electron chi connectivity index (χ3n) is 4.78. The first-order chi connectivity index (χ1) is 16.7. The number of hydrogen-bond donors (Lipinski definition) is 3. The number of nitrogens with zero attached hydrogens (tertiary/aromatic N) is 5. The second-order valence-electron chi connectivity index (χ2n) is 7.04. The molecule has 3 N–H and O–H groups in total. The van der Waals surface area contributed by atoms with Crippen LogP contribution in [0.25, 0.3) is 16.6 Å². The van der Waals surface area contributed by atoms with Gasteiger partial charge < -0.3 is 20.5 Å². The van der Waals surface area contributed by atoms with Gasteiger partial charge in [0.15, 0.2) is 5.65 Å². The van der Waals surface area contributed by atoms with Crippen LogP contribution in [0.4, 0.5) is 17.2 Å². The molecule has 0 atom stereocenters. The predicted molar refractivity (Wildman–Crippen MR) is 126 cm³/mol. The summed E-state index contributed by atoms with van der Waals surface area (Å²) in [5, 5.41) is 19.5. The summed E-state index contributed by atoms with van der Waals surface area (Å²) in [6.45, 7) is -0.381. The van der Waals surface area contributed by atoms with E-state index >= 15 is 0 Å². The van der Waals surface area contributed by atoms with E-state index < -0.39 is 5.91 Å². The first-order valence-corrected chi connectivity index (χ1v) is 10.2. The third-order valence-corrected chi connectivity index (χ3v) is 4.78. The Labute approximate surface area is 193 Å². The van der Waals surface area contributed by atoms with E-state index in [0.29, 0.717) is 34.2 Å². The molecule has 0 radical (unpaired) electrons. The van der Waals surface area contributed by atoms with E-state index in [9.17, 15) is 4.79 Å². The van der Waals surface area contributed by atoms with Crippen LogP contribution >= 0.6 is 0 Å². The summed E-state index contributed by atoms with van der Waals surface area (Å²) in [5.41, 5.74) is 2.74. The van der Waals surface area contributed by atoms with Gasteiger partial charge in [-0.3, -0.25) is 4.79 Å². The molecule has 10 heteroatoms. The van der Waals surface area contributed by atoms with Crippen molar-refractivity contribution in [3.8, 4) is 23.3 Å². The van der Waals surface area contributed by atoms with Gasteiger partial charge in [0.1, 0.15) is 36.6 Å². The molecule has 0 aliphatic rings. The minimum atomic E-state index is -0.515. The Morgan fingerprint density at radius 1 is 0.971 bits per heavy atom. The highest BCUT2D eigenvalue weighted by Crippen LogP contribution is 2.28. The number of aliphatic hydroxyl groups excluding tert-OH is 1. The number of fused-ring (bicyclic) bond motifs is 2. The Morgan fingerprint density at radius 3 is 2.68 bits per heavy atom. The van der Waals surface area contributed by atoms with Gasteiger partial charge in [-0.2, -0.15) is 5.10 Å². The van der Waals surface area contributed by atoms with Crippen molar-refractivity contribution in [2.24, 2.45) is 0 Å². The molecule has 0 bridgehead atoms. The number of anilines is 3. The first-order valence-electron chi connectivity index (χ1n) is 10.2. The molecule has 5 rings (SSSR count). The molecule has 3 aromatic heterocycles. The summed E-state index contributed by atoms with van der Waals surface area (Å²) in [6.07, 6.45) is 4.73. The molecule has 0 unspecified atom stereocenters. The van der Waals surface area contributed by atoms with Gasteiger partial charge in [-0.15, -0.1) is 0 Å². The van der Waals surface area contributed by atoms with Crippen molar-refractivity contribution in [2.45, 2.75) is 0 Å². The standard InChI is InChI=1S/C24H17N7O3/c32-11-1-2-23(33)29-17-5-8-21-20(12-17)24(27-14-25-21)30-16-3-6-18(7-4-16)34-19-9-10-31-22(13-19)26-15-28-31/h3-10,12-15,32H,11H2,(H,29,33)(H,25,27,30). The van der Waals surface area contributed by atoms with Crippen LogP contribution in [0.5, 0.6) is 11.5 Å². The fourth-order valence-corrected chi connectivity index (χ4v) is 3.26. The molecule has 5 aromatic rings. The highest BCUT2D eigenvalue weighted by atomic mass is 16.5. The maximum absolute atomic E-state index is 11.8. The SMILES string of the molecule is O=C(C#CCO)Nc1ccc2ncnc(Nc3ccc(Oc4ccn5ncnc5c4)cc3)c2c1. The number of carbonyl (C=O) groups excluding carboxylic acids is 1. The Kier molecular flexibility index (Phi) is 5.67. The minimum Gasteiger partial charge on any atom is -0.457 e. The van der Waals surface area contributed by atoms with Crippen molar-refractivity contribution in [1.82, 2.24) is 24.6 Å². The molecule has 0 saturated heterocycles. The largest absolute Gasteiger partial charge is 0.457 e. The topological polar surface area (TPSA) is 127 Å². The average Bonchev–Trinajstić information content (AvgIpc) is 3.32. The Bertz CT molecular complexity index is 1550. The van der Waals surface area contributed by atoms with Gasteiger partial charge in [0, 0.05) is 29.0 Å². The molecular weight excluding hydrogens is 434 g/mol. The zero-order valence-corrected chi connectivity index (χ0v) is 17.6. The summed E-state index contributed by atoms with van der Waals surface area (Å²) >= 11 is 0. The number of aliphatic hydroxyl groups is 1. The summed E-state index contributed by atoms with van der Waals surface area (Å²) < 4.78 is 7.57. The lowest BCUT2D eigenvalue weighted by Crippen LogP contribution is -2.08. The van der Waals surface area contributed by atoms with Gasteiger partial charge in [-0.25, -0.2) is 19.5 Å². The molecule has 0 aliphatic heterocycles. The lowest BCUT2D eigenvalue weighted by molar-refractivity contribution is -0.111. The number of pyridine rings is 1. The van der Waals surface area contributed by atoms with Gasteiger partial charge in [0.25, 0.3) is 5.91 Å². The van der Waals surface area contributed by atoms with Crippen molar-refractivity contribution < 1.29 is 14.6 Å². The van der Waals surface area contributed by atoms with Gasteiger partial charge in [-0.05, 0) is 54.5 Å². The zero-order chi connectivity index (χ0) is 23.3. The fourth-order valence-electron chi connectivity index (χ4n) is 3.26. The molecule has 0 fully saturated rings. The van der Waals surface area contributed by atoms with E-state index in [0.717, 1.165) is 11.1 Å². The fraction of sp³-hybridized carbons (Fsp3) is 0.0417. The second-order valence-corrected chi connectivity index (χ2v) is 7.04. The van der Waals surface area contributed by atoms with Crippen molar-refractivity contribution >= 4 is 39.6 Å². The van der Waals surface area contributed by atoms with Crippen LogP contribution in [0.15, 0.2) is 73.4 Å². The van der Waals surface area contributed by atoms with Gasteiger partial charge in [0.2, 0.25) is 0 Å². The smallest absolute Gasteiger partial charge is 0.300 e. The van der Waals surface area contributed by atoms with Crippen LogP contribution < -0.4 is 15.4 Å². The van der Waals surface area contributed by atoms with E-state index in [2.05, 4.69) is 42.5 Å². The predicted octanol–water partition coefficient (Wildman–Crippen LogP) is 3.14. The molecule has 0 saturated carbocycles. The number of ether oxygens (including phenoxy) is 1. The Balaban J connectivity index is 1.33. The molecular formula is C24H17N7O3. The van der Waals surface area contributed by atoms with Crippen molar-refractivity contribution in [3.05, 3.63) is 73.4 Å². The number of amides is 1. The monoisotopic (exact) mass is 451 g/mol. The summed E-state index contributed by atoms with van der Waals surface area (Å²) in [4.78, 5) is 24.6. The van der Waals surface area contributed by atoms with Crippen LogP contribution in [0.3, 0.4) is 0 Å². The third kappa shape index (κ3) is 4.59. The van der Waals surface area contributed by atoms with E-state index in [4.69, 9.17) is 9.84 Å². The number of rotatable bonds is 5. The van der Waals surface area contributed by atoms with Crippen LogP contribution in [0.1, 0.15) is 0 Å². The quantitative estimate of drug-likeness (QED) is 0.348. The number of carbonyl (C=O) groups is 1.